The Morgan fingerprint density at radius 3 is 2.45 bits per heavy atom. The van der Waals surface area contributed by atoms with Crippen molar-refractivity contribution in [3.63, 3.8) is 0 Å². The maximum atomic E-state index is 13.0. The number of amides is 1. The van der Waals surface area contributed by atoms with Crippen LogP contribution in [0.25, 0.3) is 0 Å². The summed E-state index contributed by atoms with van der Waals surface area (Å²) in [5, 5.41) is 10.8. The Balaban J connectivity index is 1.22. The van der Waals surface area contributed by atoms with Gasteiger partial charge in [-0.15, -0.1) is 0 Å². The van der Waals surface area contributed by atoms with Crippen molar-refractivity contribution >= 4 is 34.8 Å². The summed E-state index contributed by atoms with van der Waals surface area (Å²) in [7, 11) is 3.98. The number of rotatable bonds is 6. The van der Waals surface area contributed by atoms with Gasteiger partial charge >= 0.3 is 0 Å². The average Bonchev–Trinajstić information content (AvgIpc) is 3.36. The highest BCUT2D eigenvalue weighted by Crippen LogP contribution is 2.24. The number of hydrogen-bond donors (Lipinski definition) is 2. The van der Waals surface area contributed by atoms with Crippen molar-refractivity contribution in [1.29, 1.82) is 0 Å². The topological polar surface area (TPSA) is 91.2 Å². The predicted molar refractivity (Wildman–Crippen MR) is 158 cm³/mol. The fourth-order valence-corrected chi connectivity index (χ4v) is 4.55. The van der Waals surface area contributed by atoms with Crippen LogP contribution in [-0.4, -0.2) is 68.7 Å². The zero-order valence-electron chi connectivity index (χ0n) is 22.8. The molecule has 0 saturated carbocycles. The highest BCUT2D eigenvalue weighted by molar-refractivity contribution is 6.31. The first-order valence-corrected chi connectivity index (χ1v) is 13.4. The van der Waals surface area contributed by atoms with E-state index in [1.54, 1.807) is 35.4 Å². The van der Waals surface area contributed by atoms with Gasteiger partial charge in [0.05, 0.1) is 17.4 Å². The monoisotopic (exact) mass is 554 g/mol. The molecule has 0 aliphatic carbocycles. The van der Waals surface area contributed by atoms with Crippen LogP contribution in [0.4, 0.5) is 17.3 Å². The molecule has 1 saturated heterocycles. The zero-order chi connectivity index (χ0) is 28.1. The number of nitrogens with one attached hydrogen (secondary N) is 2. The van der Waals surface area contributed by atoms with E-state index < -0.39 is 0 Å². The molecule has 204 valence electrons. The number of aromatic nitrogens is 4. The summed E-state index contributed by atoms with van der Waals surface area (Å²) in [6.45, 7) is 6.91. The number of anilines is 3. The normalized spacial score (nSPS) is 13.9. The fourth-order valence-electron chi connectivity index (χ4n) is 4.31. The molecule has 4 aromatic rings. The molecule has 2 N–H and O–H groups in total. The summed E-state index contributed by atoms with van der Waals surface area (Å²) in [5.41, 5.74) is 5.42. The lowest BCUT2D eigenvalue weighted by Crippen LogP contribution is -2.43. The van der Waals surface area contributed by atoms with E-state index in [-0.39, 0.29) is 5.91 Å². The third kappa shape index (κ3) is 7.04. The van der Waals surface area contributed by atoms with Gasteiger partial charge < -0.3 is 15.5 Å². The molecule has 0 bridgehead atoms. The van der Waals surface area contributed by atoms with Crippen molar-refractivity contribution in [3.8, 4) is 11.8 Å². The van der Waals surface area contributed by atoms with Gasteiger partial charge in [-0.25, -0.2) is 9.97 Å². The van der Waals surface area contributed by atoms with Gasteiger partial charge in [-0.05, 0) is 49.4 Å². The third-order valence-corrected chi connectivity index (χ3v) is 7.11. The van der Waals surface area contributed by atoms with Crippen LogP contribution < -0.4 is 10.6 Å². The Morgan fingerprint density at radius 1 is 0.975 bits per heavy atom. The van der Waals surface area contributed by atoms with Crippen LogP contribution in [0.5, 0.6) is 0 Å². The van der Waals surface area contributed by atoms with E-state index >= 15 is 0 Å². The highest BCUT2D eigenvalue weighted by atomic mass is 35.5. The molecule has 2 aromatic carbocycles. The fraction of sp³-hybridized carbons (Fsp3) is 0.267. The minimum absolute atomic E-state index is 0.222. The second kappa shape index (κ2) is 12.3. The van der Waals surface area contributed by atoms with Crippen molar-refractivity contribution in [2.75, 3.05) is 43.9 Å². The lowest BCUT2D eigenvalue weighted by atomic mass is 10.0. The van der Waals surface area contributed by atoms with Gasteiger partial charge in [0.1, 0.15) is 0 Å². The number of halogens is 1. The molecule has 0 atom stereocenters. The summed E-state index contributed by atoms with van der Waals surface area (Å²) in [5.74, 6) is 6.47. The molecule has 1 fully saturated rings. The number of hydrogen-bond acceptors (Lipinski definition) is 7. The predicted octanol–water partition coefficient (Wildman–Crippen LogP) is 4.32. The van der Waals surface area contributed by atoms with Gasteiger partial charge in [-0.2, -0.15) is 5.10 Å². The maximum absolute atomic E-state index is 13.0. The smallest absolute Gasteiger partial charge is 0.255 e. The first-order chi connectivity index (χ1) is 19.3. The molecule has 10 heteroatoms. The van der Waals surface area contributed by atoms with E-state index in [0.29, 0.717) is 27.8 Å². The van der Waals surface area contributed by atoms with Crippen LogP contribution >= 0.6 is 11.6 Å². The van der Waals surface area contributed by atoms with Gasteiger partial charge in [0.25, 0.3) is 5.91 Å². The maximum Gasteiger partial charge on any atom is 0.255 e. The van der Waals surface area contributed by atoms with Gasteiger partial charge in [-0.1, -0.05) is 35.6 Å². The number of nitrogens with zero attached hydrogens (tertiary/aromatic N) is 6. The number of carbonyl (C=O) groups excluding carboxylic acids is 1. The second-order valence-electron chi connectivity index (χ2n) is 9.94. The van der Waals surface area contributed by atoms with Crippen molar-refractivity contribution in [3.05, 3.63) is 94.0 Å². The minimum atomic E-state index is -0.222. The van der Waals surface area contributed by atoms with Crippen LogP contribution in [0.3, 0.4) is 0 Å². The van der Waals surface area contributed by atoms with Gasteiger partial charge in [-0.3, -0.25) is 14.4 Å². The summed E-state index contributed by atoms with van der Waals surface area (Å²) >= 11 is 6.58. The molecule has 2 aromatic heterocycles. The molecule has 40 heavy (non-hydrogen) atoms. The molecule has 0 unspecified atom stereocenters. The Bertz CT molecular complexity index is 1560. The molecule has 1 amide bonds. The van der Waals surface area contributed by atoms with Crippen molar-refractivity contribution in [2.45, 2.75) is 13.5 Å². The van der Waals surface area contributed by atoms with Crippen molar-refractivity contribution in [2.24, 2.45) is 7.05 Å². The van der Waals surface area contributed by atoms with E-state index in [1.165, 1.54) is 0 Å². The van der Waals surface area contributed by atoms with Crippen LogP contribution in [0.1, 0.15) is 32.6 Å². The molecular weight excluding hydrogens is 524 g/mol. The van der Waals surface area contributed by atoms with E-state index in [2.05, 4.69) is 54.4 Å². The van der Waals surface area contributed by atoms with Crippen molar-refractivity contribution < 1.29 is 4.79 Å². The molecule has 5 rings (SSSR count). The SMILES string of the molecule is Cc1ccc(C(=O)Nc2ccc(CN3CCN(C)CC3)c(Cl)c2)cc1C#Cc1cnc(Nc2cnn(C)c2)nc1. The zero-order valence-corrected chi connectivity index (χ0v) is 23.5. The molecule has 1 aliphatic rings. The van der Waals surface area contributed by atoms with E-state index in [4.69, 9.17) is 11.6 Å². The Kier molecular flexibility index (Phi) is 8.41. The number of benzene rings is 2. The molecular formula is C30H31ClN8O. The highest BCUT2D eigenvalue weighted by Gasteiger charge is 2.16. The third-order valence-electron chi connectivity index (χ3n) is 6.75. The molecule has 0 radical (unpaired) electrons. The largest absolute Gasteiger partial charge is 0.322 e. The van der Waals surface area contributed by atoms with Crippen LogP contribution in [0.2, 0.25) is 5.02 Å². The number of likely N-dealkylation sites (N-methyl/N-ethyl adjacent to an activating group) is 1. The van der Waals surface area contributed by atoms with Crippen molar-refractivity contribution in [1.82, 2.24) is 29.5 Å². The van der Waals surface area contributed by atoms with E-state index in [1.807, 2.05) is 44.4 Å². The van der Waals surface area contributed by atoms with Gasteiger partial charge in [0.2, 0.25) is 5.95 Å². The molecule has 1 aliphatic heterocycles. The lowest BCUT2D eigenvalue weighted by molar-refractivity contribution is 0.102. The number of piperazine rings is 1. The summed E-state index contributed by atoms with van der Waals surface area (Å²) in [6, 6.07) is 11.2. The summed E-state index contributed by atoms with van der Waals surface area (Å²) in [4.78, 5) is 26.4. The molecule has 9 nitrogen and oxygen atoms in total. The summed E-state index contributed by atoms with van der Waals surface area (Å²) in [6.07, 6.45) is 6.84. The first kappa shape index (κ1) is 27.3. The van der Waals surface area contributed by atoms with Crippen LogP contribution in [0, 0.1) is 18.8 Å². The number of aryl methyl sites for hydroxylation is 2. The quantitative estimate of drug-likeness (QED) is 0.343. The van der Waals surface area contributed by atoms with Gasteiger partial charge in [0.15, 0.2) is 0 Å². The molecule has 3 heterocycles. The number of carbonyl (C=O) groups is 1. The Labute approximate surface area is 239 Å². The standard InChI is InChI=1S/C30H31ClN8O/c1-21-4-6-24(14-23(21)7-5-22-16-32-30(33-17-22)36-27-18-34-38(3)20-27)29(40)35-26-9-8-25(28(31)15-26)19-39-12-10-37(2)11-13-39/h4,6,8-9,14-18,20H,10-13,19H2,1-3H3,(H,35,40)(H,32,33,36). The lowest BCUT2D eigenvalue weighted by Gasteiger charge is -2.32. The first-order valence-electron chi connectivity index (χ1n) is 13.0. The minimum Gasteiger partial charge on any atom is -0.322 e. The Morgan fingerprint density at radius 2 is 1.75 bits per heavy atom. The Hall–Kier alpha value is -4.23. The van der Waals surface area contributed by atoms with Crippen LogP contribution in [0.15, 0.2) is 61.2 Å². The second-order valence-corrected chi connectivity index (χ2v) is 10.3. The van der Waals surface area contributed by atoms with Crippen LogP contribution in [-0.2, 0) is 13.6 Å². The van der Waals surface area contributed by atoms with E-state index in [9.17, 15) is 4.79 Å². The van der Waals surface area contributed by atoms with E-state index in [0.717, 1.165) is 55.1 Å². The van der Waals surface area contributed by atoms with Gasteiger partial charge in [0, 0.05) is 80.2 Å². The summed E-state index contributed by atoms with van der Waals surface area (Å²) < 4.78 is 1.69. The molecule has 0 spiro atoms. The average molecular weight is 555 g/mol.